The topological polar surface area (TPSA) is 91.2 Å². The zero-order chi connectivity index (χ0) is 12.6. The van der Waals surface area contributed by atoms with E-state index in [-0.39, 0.29) is 6.01 Å². The first-order valence-corrected chi connectivity index (χ1v) is 5.10. The summed E-state index contributed by atoms with van der Waals surface area (Å²) in [6.07, 6.45) is 1.39. The highest BCUT2D eigenvalue weighted by molar-refractivity contribution is 5.92. The summed E-state index contributed by atoms with van der Waals surface area (Å²) in [6, 6.07) is 1.54. The summed E-state index contributed by atoms with van der Waals surface area (Å²) in [7, 11) is 0. The lowest BCUT2D eigenvalue weighted by molar-refractivity contribution is 0.00692. The second kappa shape index (κ2) is 3.73. The van der Waals surface area contributed by atoms with Crippen molar-refractivity contribution < 1.29 is 13.9 Å². The minimum atomic E-state index is -0.549. The number of nitrogens with zero attached hydrogens (tertiary/aromatic N) is 2. The molecule has 0 saturated heterocycles. The van der Waals surface area contributed by atoms with Crippen LogP contribution in [0, 0.1) is 0 Å². The largest absolute Gasteiger partial charge is 0.456 e. The number of ether oxygens (including phenoxy) is 1. The molecule has 2 rings (SSSR count). The third-order valence-electron chi connectivity index (χ3n) is 1.90. The number of pyridine rings is 1. The molecule has 6 heteroatoms. The van der Waals surface area contributed by atoms with Gasteiger partial charge in [0.2, 0.25) is 5.65 Å². The van der Waals surface area contributed by atoms with Crippen molar-refractivity contribution in [1.29, 1.82) is 0 Å². The molecule has 0 aromatic carbocycles. The van der Waals surface area contributed by atoms with E-state index >= 15 is 0 Å². The molecule has 0 aliphatic carbocycles. The standard InChI is InChI=1S/C11H13N3O3/c1-11(2,3)17-9(15)6-4-7-8(13-5-6)14-10(12)16-7/h4-5H,1-3H3,(H2,12,13,14). The summed E-state index contributed by atoms with van der Waals surface area (Å²) in [5, 5.41) is 0. The van der Waals surface area contributed by atoms with E-state index in [1.807, 2.05) is 0 Å². The molecule has 2 aromatic rings. The summed E-state index contributed by atoms with van der Waals surface area (Å²) in [5.74, 6) is -0.457. The van der Waals surface area contributed by atoms with Crippen LogP contribution in [0.4, 0.5) is 6.01 Å². The zero-order valence-electron chi connectivity index (χ0n) is 9.85. The molecule has 2 heterocycles. The second-order valence-electron chi connectivity index (χ2n) is 4.60. The van der Waals surface area contributed by atoms with Crippen molar-refractivity contribution >= 4 is 23.2 Å². The maximum absolute atomic E-state index is 11.8. The molecule has 0 saturated carbocycles. The van der Waals surface area contributed by atoms with Gasteiger partial charge >= 0.3 is 5.97 Å². The summed E-state index contributed by atoms with van der Waals surface area (Å²) in [4.78, 5) is 19.6. The van der Waals surface area contributed by atoms with Gasteiger partial charge in [0.05, 0.1) is 5.56 Å². The van der Waals surface area contributed by atoms with E-state index in [2.05, 4.69) is 9.97 Å². The van der Waals surface area contributed by atoms with Crippen molar-refractivity contribution in [1.82, 2.24) is 9.97 Å². The smallest absolute Gasteiger partial charge is 0.340 e. The molecule has 0 aliphatic rings. The van der Waals surface area contributed by atoms with Crippen molar-refractivity contribution in [3.8, 4) is 0 Å². The van der Waals surface area contributed by atoms with Crippen LogP contribution in [0.3, 0.4) is 0 Å². The van der Waals surface area contributed by atoms with Crippen molar-refractivity contribution in [2.24, 2.45) is 0 Å². The number of hydrogen-bond acceptors (Lipinski definition) is 6. The average molecular weight is 235 g/mol. The Morgan fingerprint density at radius 2 is 2.18 bits per heavy atom. The Labute approximate surface area is 97.8 Å². The molecular weight excluding hydrogens is 222 g/mol. The molecule has 0 amide bonds. The molecule has 0 spiro atoms. The van der Waals surface area contributed by atoms with Crippen molar-refractivity contribution in [2.75, 3.05) is 5.73 Å². The lowest BCUT2D eigenvalue weighted by Gasteiger charge is -2.19. The first-order chi connectivity index (χ1) is 7.85. The van der Waals surface area contributed by atoms with Crippen molar-refractivity contribution in [2.45, 2.75) is 26.4 Å². The minimum absolute atomic E-state index is 0.0221. The van der Waals surface area contributed by atoms with Gasteiger partial charge in [-0.15, -0.1) is 0 Å². The Kier molecular flexibility index (Phi) is 2.49. The minimum Gasteiger partial charge on any atom is -0.456 e. The third kappa shape index (κ3) is 2.52. The van der Waals surface area contributed by atoms with Gasteiger partial charge in [0.15, 0.2) is 5.58 Å². The number of carbonyl (C=O) groups excluding carboxylic acids is 1. The fourth-order valence-electron chi connectivity index (χ4n) is 1.28. The molecule has 90 valence electrons. The van der Waals surface area contributed by atoms with Crippen LogP contribution in [0.2, 0.25) is 0 Å². The van der Waals surface area contributed by atoms with E-state index in [4.69, 9.17) is 14.9 Å². The number of fused-ring (bicyclic) bond motifs is 1. The van der Waals surface area contributed by atoms with Gasteiger partial charge in [-0.25, -0.2) is 9.78 Å². The number of nitrogen functional groups attached to an aromatic ring is 1. The Bertz CT molecular complexity index is 569. The number of rotatable bonds is 1. The summed E-state index contributed by atoms with van der Waals surface area (Å²) >= 11 is 0. The van der Waals surface area contributed by atoms with Crippen LogP contribution in [0.15, 0.2) is 16.7 Å². The highest BCUT2D eigenvalue weighted by atomic mass is 16.6. The summed E-state index contributed by atoms with van der Waals surface area (Å²) in [6.45, 7) is 5.38. The van der Waals surface area contributed by atoms with Gasteiger partial charge in [-0.3, -0.25) is 0 Å². The Hall–Kier alpha value is -2.11. The lowest BCUT2D eigenvalue weighted by Crippen LogP contribution is -2.23. The van der Waals surface area contributed by atoms with E-state index in [0.717, 1.165) is 0 Å². The number of aromatic nitrogens is 2. The lowest BCUT2D eigenvalue weighted by atomic mass is 10.2. The summed E-state index contributed by atoms with van der Waals surface area (Å²) < 4.78 is 10.3. The van der Waals surface area contributed by atoms with Gasteiger partial charge in [0.1, 0.15) is 5.60 Å². The van der Waals surface area contributed by atoms with Gasteiger partial charge in [0, 0.05) is 12.3 Å². The van der Waals surface area contributed by atoms with Gasteiger partial charge in [-0.05, 0) is 20.8 Å². The molecular formula is C11H13N3O3. The Morgan fingerprint density at radius 3 is 2.82 bits per heavy atom. The molecule has 0 atom stereocenters. The van der Waals surface area contributed by atoms with Crippen LogP contribution < -0.4 is 5.73 Å². The van der Waals surface area contributed by atoms with E-state index in [0.29, 0.717) is 16.8 Å². The fourth-order valence-corrected chi connectivity index (χ4v) is 1.28. The first-order valence-electron chi connectivity index (χ1n) is 5.10. The molecule has 6 nitrogen and oxygen atoms in total. The van der Waals surface area contributed by atoms with Crippen LogP contribution in [-0.2, 0) is 4.74 Å². The van der Waals surface area contributed by atoms with Crippen LogP contribution in [-0.4, -0.2) is 21.5 Å². The Balaban J connectivity index is 2.33. The maximum Gasteiger partial charge on any atom is 0.340 e. The SMILES string of the molecule is CC(C)(C)OC(=O)c1cnc2nc(N)oc2c1. The average Bonchev–Trinajstić information content (AvgIpc) is 2.53. The highest BCUT2D eigenvalue weighted by Crippen LogP contribution is 2.18. The van der Waals surface area contributed by atoms with Crippen LogP contribution in [0.25, 0.3) is 11.2 Å². The molecule has 0 bridgehead atoms. The quantitative estimate of drug-likeness (QED) is 0.757. The zero-order valence-corrected chi connectivity index (χ0v) is 9.85. The first kappa shape index (κ1) is 11.4. The Morgan fingerprint density at radius 1 is 1.47 bits per heavy atom. The van der Waals surface area contributed by atoms with Crippen molar-refractivity contribution in [3.63, 3.8) is 0 Å². The van der Waals surface area contributed by atoms with Gasteiger partial charge in [0.25, 0.3) is 6.01 Å². The molecule has 0 aliphatic heterocycles. The number of esters is 1. The van der Waals surface area contributed by atoms with Crippen LogP contribution >= 0.6 is 0 Å². The van der Waals surface area contributed by atoms with Crippen LogP contribution in [0.1, 0.15) is 31.1 Å². The predicted molar refractivity (Wildman–Crippen MR) is 61.4 cm³/mol. The number of hydrogen-bond donors (Lipinski definition) is 1. The molecule has 2 N–H and O–H groups in total. The van der Waals surface area contributed by atoms with Gasteiger partial charge in [-0.2, -0.15) is 4.98 Å². The van der Waals surface area contributed by atoms with Gasteiger partial charge < -0.3 is 14.9 Å². The number of anilines is 1. The summed E-state index contributed by atoms with van der Waals surface area (Å²) in [5.41, 5.74) is 5.88. The number of nitrogens with two attached hydrogens (primary N) is 1. The monoisotopic (exact) mass is 235 g/mol. The molecule has 0 unspecified atom stereocenters. The molecule has 0 fully saturated rings. The maximum atomic E-state index is 11.8. The van der Waals surface area contributed by atoms with Crippen molar-refractivity contribution in [3.05, 3.63) is 17.8 Å². The van der Waals surface area contributed by atoms with E-state index in [9.17, 15) is 4.79 Å². The van der Waals surface area contributed by atoms with Gasteiger partial charge in [-0.1, -0.05) is 0 Å². The molecule has 2 aromatic heterocycles. The third-order valence-corrected chi connectivity index (χ3v) is 1.90. The molecule has 0 radical (unpaired) electrons. The van der Waals surface area contributed by atoms with E-state index in [1.54, 1.807) is 20.8 Å². The van der Waals surface area contributed by atoms with E-state index in [1.165, 1.54) is 12.3 Å². The highest BCUT2D eigenvalue weighted by Gasteiger charge is 2.19. The van der Waals surface area contributed by atoms with Crippen LogP contribution in [0.5, 0.6) is 0 Å². The molecule has 17 heavy (non-hydrogen) atoms. The number of oxazole rings is 1. The second-order valence-corrected chi connectivity index (χ2v) is 4.60. The van der Waals surface area contributed by atoms with E-state index < -0.39 is 11.6 Å². The predicted octanol–water partition coefficient (Wildman–Crippen LogP) is 1.76. The normalized spacial score (nSPS) is 11.7. The number of carbonyl (C=O) groups is 1. The fraction of sp³-hybridized carbons (Fsp3) is 0.364.